The Hall–Kier alpha value is -7.33. The second-order valence-electron chi connectivity index (χ2n) is 17.8. The number of rotatable bonds is 1. The number of fused-ring (bicyclic) bond motifs is 23. The van der Waals surface area contributed by atoms with E-state index in [9.17, 15) is 0 Å². The molecule has 0 aliphatic carbocycles. The van der Waals surface area contributed by atoms with E-state index in [1.807, 2.05) is 18.2 Å². The van der Waals surface area contributed by atoms with Gasteiger partial charge in [0.25, 0.3) is 0 Å². The minimum Gasteiger partial charge on any atom is -0.510 e. The van der Waals surface area contributed by atoms with Crippen molar-refractivity contribution in [3.8, 4) is 22.5 Å². The van der Waals surface area contributed by atoms with Gasteiger partial charge in [-0.1, -0.05) is 153 Å². The van der Waals surface area contributed by atoms with Gasteiger partial charge in [0, 0.05) is 49.5 Å². The van der Waals surface area contributed by atoms with Crippen LogP contribution in [0.1, 0.15) is 31.9 Å². The van der Waals surface area contributed by atoms with Crippen molar-refractivity contribution >= 4 is 82.1 Å². The Morgan fingerprint density at radius 1 is 0.554 bits per heavy atom. The third-order valence-corrected chi connectivity index (χ3v) is 12.6. The Bertz CT molecular complexity index is 3960. The number of nitrogens with zero attached hydrogens (tertiary/aromatic N) is 4. The molecule has 65 heavy (non-hydrogen) atoms. The van der Waals surface area contributed by atoms with E-state index in [1.165, 1.54) is 11.1 Å². The first-order valence-corrected chi connectivity index (χ1v) is 21.9. The summed E-state index contributed by atoms with van der Waals surface area (Å²) in [5.74, 6) is 0. The number of aryl methyl sites for hydroxylation is 1. The molecule has 0 N–H and O–H groups in total. The molecule has 0 saturated heterocycles. The van der Waals surface area contributed by atoms with Crippen LogP contribution < -0.4 is 0 Å². The Labute approximate surface area is 391 Å². The van der Waals surface area contributed by atoms with Crippen LogP contribution in [-0.4, -0.2) is 18.5 Å². The summed E-state index contributed by atoms with van der Waals surface area (Å²) in [6.45, 7) is 9.00. The molecule has 0 amide bonds. The predicted octanol–water partition coefficient (Wildman–Crippen LogP) is 15.4. The first kappa shape index (κ1) is 40.4. The minimum absolute atomic E-state index is 0. The average Bonchev–Trinajstić information content (AvgIpc) is 3.86. The Balaban J connectivity index is 0.00000469. The Kier molecular flexibility index (Phi) is 9.79. The number of hydrogen-bond donors (Lipinski definition) is 0. The predicted molar refractivity (Wildman–Crippen MR) is 266 cm³/mol. The zero-order valence-electron chi connectivity index (χ0n) is 36.4. The van der Waals surface area contributed by atoms with Crippen LogP contribution in [0, 0.1) is 19.1 Å². The molecular formula is C59H43N4OPt-3. The topological polar surface area (TPSA) is 40.3 Å². The van der Waals surface area contributed by atoms with Crippen molar-refractivity contribution < 1.29 is 25.5 Å². The van der Waals surface area contributed by atoms with Crippen molar-refractivity contribution in [3.63, 3.8) is 0 Å². The van der Waals surface area contributed by atoms with Gasteiger partial charge in [-0.15, -0.1) is 29.1 Å². The van der Waals surface area contributed by atoms with Crippen molar-refractivity contribution in [2.45, 2.75) is 33.1 Å². The molecule has 0 spiro atoms. The fourth-order valence-electron chi connectivity index (χ4n) is 9.49. The van der Waals surface area contributed by atoms with Crippen LogP contribution in [-0.2, 0) is 26.5 Å². The zero-order valence-corrected chi connectivity index (χ0v) is 38.7. The molecule has 12 rings (SSSR count). The van der Waals surface area contributed by atoms with E-state index in [4.69, 9.17) is 9.40 Å². The van der Waals surface area contributed by atoms with Crippen LogP contribution in [0.5, 0.6) is 0 Å². The van der Waals surface area contributed by atoms with Crippen LogP contribution in [0.2, 0.25) is 0 Å². The Morgan fingerprint density at radius 3 is 2.09 bits per heavy atom. The molecule has 8 aromatic carbocycles. The average molecular weight is 1020 g/mol. The summed E-state index contributed by atoms with van der Waals surface area (Å²) in [7, 11) is 0. The molecule has 10 bridgehead atoms. The maximum Gasteiger partial charge on any atom is 0.136 e. The van der Waals surface area contributed by atoms with Crippen LogP contribution in [0.25, 0.3) is 105 Å². The zero-order chi connectivity index (χ0) is 43.1. The number of imidazole rings is 1. The molecule has 1 aliphatic rings. The van der Waals surface area contributed by atoms with E-state index in [0.29, 0.717) is 11.2 Å². The third-order valence-electron chi connectivity index (χ3n) is 12.6. The third kappa shape index (κ3) is 6.90. The first-order valence-electron chi connectivity index (χ1n) is 21.9. The molecule has 0 atom stereocenters. The van der Waals surface area contributed by atoms with Gasteiger partial charge in [0.15, 0.2) is 0 Å². The molecule has 5 nitrogen and oxygen atoms in total. The van der Waals surface area contributed by atoms with Crippen molar-refractivity contribution in [2.75, 3.05) is 0 Å². The molecule has 4 heterocycles. The largest absolute Gasteiger partial charge is 0.510 e. The van der Waals surface area contributed by atoms with Gasteiger partial charge in [0.05, 0.1) is 5.52 Å². The van der Waals surface area contributed by atoms with Crippen LogP contribution in [0.3, 0.4) is 0 Å². The van der Waals surface area contributed by atoms with Gasteiger partial charge in [-0.05, 0) is 103 Å². The smallest absolute Gasteiger partial charge is 0.136 e. The summed E-state index contributed by atoms with van der Waals surface area (Å²) < 4.78 is 13.5. The first-order chi connectivity index (χ1) is 31.2. The van der Waals surface area contributed by atoms with Crippen molar-refractivity contribution in [1.29, 1.82) is 0 Å². The minimum atomic E-state index is -0.136. The molecule has 0 saturated carbocycles. The molecule has 318 valence electrons. The van der Waals surface area contributed by atoms with E-state index >= 15 is 0 Å². The fourth-order valence-corrected chi connectivity index (χ4v) is 9.49. The summed E-state index contributed by atoms with van der Waals surface area (Å²) in [5, 5.41) is 7.82. The van der Waals surface area contributed by atoms with E-state index < -0.39 is 0 Å². The van der Waals surface area contributed by atoms with Gasteiger partial charge in [0.2, 0.25) is 0 Å². The van der Waals surface area contributed by atoms with Gasteiger partial charge in [-0.25, -0.2) is 4.98 Å². The molecule has 6 heteroatoms. The maximum atomic E-state index is 6.70. The Morgan fingerprint density at radius 2 is 1.26 bits per heavy atom. The number of aromatic nitrogens is 4. The fraction of sp³-hybridized carbons (Fsp3) is 0.0847. The number of benzene rings is 8. The van der Waals surface area contributed by atoms with Gasteiger partial charge in [0.1, 0.15) is 5.65 Å². The number of hydrogen-bond acceptors (Lipinski definition) is 2. The van der Waals surface area contributed by atoms with E-state index in [-0.39, 0.29) is 26.5 Å². The number of para-hydroxylation sites is 3. The van der Waals surface area contributed by atoms with Crippen molar-refractivity contribution in [1.82, 2.24) is 18.5 Å². The summed E-state index contributed by atoms with van der Waals surface area (Å²) in [6.07, 6.45) is 2.20. The molecule has 0 radical (unpaired) electrons. The standard InChI is InChI=1S/C59H43N4O.Pt/c1-38-27-30-53-51(31-38)49-29-28-45-36-56(49)63(53)57-26-14-23-52(60-57)41-32-40(33-42(34-41)59(2,3)4)46-19-8-9-20-48(46)50-22-13-21-47(39-15-6-5-7-16-39)58(50)62-37-61(54-24-10-11-25-55(54)62)43-17-12-18-44(35-43)64-45;/h5-34,37H,1-4H3;/q-3;. The van der Waals surface area contributed by atoms with E-state index in [2.05, 4.69) is 223 Å². The van der Waals surface area contributed by atoms with Gasteiger partial charge in [-0.2, -0.15) is 24.3 Å². The quantitative estimate of drug-likeness (QED) is 0.154. The normalized spacial score (nSPS) is 11.9. The van der Waals surface area contributed by atoms with Crippen molar-refractivity contribution in [3.05, 3.63) is 212 Å². The molecule has 1 aliphatic heterocycles. The molecular weight excluding hydrogens is 976 g/mol. The van der Waals surface area contributed by atoms with Crippen LogP contribution in [0.15, 0.2) is 193 Å². The number of pyridine rings is 1. The van der Waals surface area contributed by atoms with Crippen molar-refractivity contribution in [2.24, 2.45) is 0 Å². The van der Waals surface area contributed by atoms with E-state index in [0.717, 1.165) is 93.4 Å². The van der Waals surface area contributed by atoms with E-state index in [1.54, 1.807) is 0 Å². The summed E-state index contributed by atoms with van der Waals surface area (Å²) >= 11 is 0. The van der Waals surface area contributed by atoms with Gasteiger partial charge < -0.3 is 18.0 Å². The molecule has 0 unspecified atom stereocenters. The van der Waals surface area contributed by atoms with Gasteiger partial charge >= 0.3 is 0 Å². The monoisotopic (exact) mass is 1020 g/mol. The molecule has 3 aromatic heterocycles. The van der Waals surface area contributed by atoms with Crippen LogP contribution >= 0.6 is 0 Å². The SMILES string of the molecule is Cc1ccc2c(c1)c1ccc3[c-]c1n2c1cccc(n1)c1cc(C(C)(C)C)cc(c1)c1ccccc1c1cccc(-c2ccccc2)c1n1[cH-]n(c2[c-]c(ccc2)o3)-c2ccccc2-1.[Pt]. The molecule has 0 fully saturated rings. The summed E-state index contributed by atoms with van der Waals surface area (Å²) in [5.41, 5.74) is 13.5. The van der Waals surface area contributed by atoms with Gasteiger partial charge in [-0.3, -0.25) is 0 Å². The second-order valence-corrected chi connectivity index (χ2v) is 17.8. The maximum absolute atomic E-state index is 6.70. The summed E-state index contributed by atoms with van der Waals surface area (Å²) in [6, 6.07) is 72.3. The second kappa shape index (κ2) is 15.7. The summed E-state index contributed by atoms with van der Waals surface area (Å²) in [4.78, 5) is 5.48. The van der Waals surface area contributed by atoms with Crippen LogP contribution in [0.4, 0.5) is 0 Å². The molecule has 11 aromatic rings.